The first kappa shape index (κ1) is 16.6. The Hall–Kier alpha value is -2.85. The Morgan fingerprint density at radius 1 is 1.12 bits per heavy atom. The molecule has 0 aliphatic heterocycles. The van der Waals surface area contributed by atoms with Gasteiger partial charge in [-0.15, -0.1) is 0 Å². The van der Waals surface area contributed by atoms with Crippen molar-refractivity contribution in [3.05, 3.63) is 83.1 Å². The summed E-state index contributed by atoms with van der Waals surface area (Å²) < 4.78 is 5.71. The molecular weight excluding hydrogens is 348 g/mol. The van der Waals surface area contributed by atoms with E-state index in [1.165, 1.54) is 11.8 Å². The minimum absolute atomic E-state index is 0.00632. The number of nitrogens with one attached hydrogen (secondary N) is 1. The monoisotopic (exact) mass is 364 g/mol. The van der Waals surface area contributed by atoms with Gasteiger partial charge in [-0.05, 0) is 42.2 Å². The second-order valence-corrected chi connectivity index (χ2v) is 6.74. The zero-order valence-electron chi connectivity index (χ0n) is 13.9. The Bertz CT molecular complexity index is 949. The van der Waals surface area contributed by atoms with Crippen LogP contribution in [-0.4, -0.2) is 12.1 Å². The molecule has 3 aromatic rings. The van der Waals surface area contributed by atoms with Crippen LogP contribution in [0.4, 0.5) is 0 Å². The van der Waals surface area contributed by atoms with Gasteiger partial charge in [0.1, 0.15) is 11.5 Å². The smallest absolute Gasteiger partial charge is 0.243 e. The Labute approximate surface area is 156 Å². The number of benzene rings is 2. The van der Waals surface area contributed by atoms with E-state index in [4.69, 9.17) is 16.0 Å². The number of hydrogen-bond acceptors (Lipinski definition) is 3. The summed E-state index contributed by atoms with van der Waals surface area (Å²) in [7, 11) is 0. The number of furan rings is 1. The Balaban J connectivity index is 1.34. The highest BCUT2D eigenvalue weighted by molar-refractivity contribution is 6.30. The minimum atomic E-state index is -0.0586. The number of hydrogen-bond donors (Lipinski definition) is 1. The Morgan fingerprint density at radius 3 is 2.77 bits per heavy atom. The van der Waals surface area contributed by atoms with Crippen LogP contribution in [0.3, 0.4) is 0 Å². The molecule has 0 saturated heterocycles. The van der Waals surface area contributed by atoms with Gasteiger partial charge in [0.25, 0.3) is 0 Å². The van der Waals surface area contributed by atoms with Crippen molar-refractivity contribution >= 4 is 23.7 Å². The first-order valence-electron chi connectivity index (χ1n) is 8.44. The van der Waals surface area contributed by atoms with Gasteiger partial charge in [0.2, 0.25) is 5.91 Å². The number of carbonyl (C=O) groups is 1. The lowest BCUT2D eigenvalue weighted by Crippen LogP contribution is -2.20. The van der Waals surface area contributed by atoms with Crippen molar-refractivity contribution in [2.24, 2.45) is 11.0 Å². The van der Waals surface area contributed by atoms with E-state index in [9.17, 15) is 4.79 Å². The van der Waals surface area contributed by atoms with Gasteiger partial charge in [-0.25, -0.2) is 5.43 Å². The molecule has 1 fully saturated rings. The van der Waals surface area contributed by atoms with E-state index in [1.54, 1.807) is 6.07 Å². The van der Waals surface area contributed by atoms with Gasteiger partial charge in [0.05, 0.1) is 6.21 Å². The van der Waals surface area contributed by atoms with Crippen LogP contribution in [0.25, 0.3) is 11.3 Å². The third kappa shape index (κ3) is 3.70. The van der Waals surface area contributed by atoms with Gasteiger partial charge in [-0.1, -0.05) is 54.1 Å². The summed E-state index contributed by atoms with van der Waals surface area (Å²) in [6.07, 6.45) is 2.37. The quantitative estimate of drug-likeness (QED) is 0.519. The molecular formula is C21H17ClN2O2. The van der Waals surface area contributed by atoms with Crippen molar-refractivity contribution in [2.45, 2.75) is 12.3 Å². The number of hydrazone groups is 1. The molecule has 0 radical (unpaired) electrons. The van der Waals surface area contributed by atoms with Gasteiger partial charge in [0.15, 0.2) is 0 Å². The molecule has 1 N–H and O–H groups in total. The van der Waals surface area contributed by atoms with E-state index in [-0.39, 0.29) is 11.8 Å². The van der Waals surface area contributed by atoms with Crippen LogP contribution in [0.2, 0.25) is 5.02 Å². The maximum Gasteiger partial charge on any atom is 0.243 e. The highest BCUT2D eigenvalue weighted by Crippen LogP contribution is 2.47. The molecule has 4 rings (SSSR count). The van der Waals surface area contributed by atoms with Gasteiger partial charge < -0.3 is 4.42 Å². The number of carbonyl (C=O) groups excluding carboxylic acids is 1. The lowest BCUT2D eigenvalue weighted by atomic mass is 10.1. The van der Waals surface area contributed by atoms with Crippen LogP contribution in [-0.2, 0) is 4.79 Å². The molecule has 1 amide bonds. The van der Waals surface area contributed by atoms with Crippen molar-refractivity contribution in [3.63, 3.8) is 0 Å². The summed E-state index contributed by atoms with van der Waals surface area (Å²) in [5.74, 6) is 1.50. The summed E-state index contributed by atoms with van der Waals surface area (Å²) in [6.45, 7) is 0. The SMILES string of the molecule is O=C(N/N=C/c1ccc(-c2cccc(Cl)c2)o1)[C@@H]1C[C@H]1c1ccccc1. The van der Waals surface area contributed by atoms with E-state index in [0.29, 0.717) is 22.5 Å². The minimum Gasteiger partial charge on any atom is -0.455 e. The maximum atomic E-state index is 12.2. The molecule has 1 aromatic heterocycles. The molecule has 0 spiro atoms. The van der Waals surface area contributed by atoms with Gasteiger partial charge in [-0.3, -0.25) is 4.79 Å². The molecule has 1 saturated carbocycles. The van der Waals surface area contributed by atoms with Crippen LogP contribution >= 0.6 is 11.6 Å². The number of amides is 1. The Kier molecular flexibility index (Phi) is 4.59. The second kappa shape index (κ2) is 7.18. The third-order valence-corrected chi connectivity index (χ3v) is 4.69. The molecule has 4 nitrogen and oxygen atoms in total. The van der Waals surface area contributed by atoms with Crippen molar-refractivity contribution in [1.29, 1.82) is 0 Å². The normalized spacial score (nSPS) is 18.8. The number of nitrogens with zero attached hydrogens (tertiary/aromatic N) is 1. The first-order chi connectivity index (χ1) is 12.7. The largest absolute Gasteiger partial charge is 0.455 e. The second-order valence-electron chi connectivity index (χ2n) is 6.31. The van der Waals surface area contributed by atoms with E-state index in [2.05, 4.69) is 22.7 Å². The van der Waals surface area contributed by atoms with Crippen molar-refractivity contribution in [3.8, 4) is 11.3 Å². The van der Waals surface area contributed by atoms with E-state index >= 15 is 0 Å². The van der Waals surface area contributed by atoms with Crippen LogP contribution in [0.15, 0.2) is 76.2 Å². The van der Waals surface area contributed by atoms with Gasteiger partial charge in [-0.2, -0.15) is 5.10 Å². The predicted molar refractivity (Wildman–Crippen MR) is 102 cm³/mol. The average Bonchev–Trinajstić information content (AvgIpc) is 3.33. The fourth-order valence-corrected chi connectivity index (χ4v) is 3.21. The molecule has 1 heterocycles. The average molecular weight is 365 g/mol. The molecule has 5 heteroatoms. The summed E-state index contributed by atoms with van der Waals surface area (Å²) in [5.41, 5.74) is 4.70. The molecule has 130 valence electrons. The summed E-state index contributed by atoms with van der Waals surface area (Å²) >= 11 is 6.00. The van der Waals surface area contributed by atoms with Crippen LogP contribution < -0.4 is 5.43 Å². The topological polar surface area (TPSA) is 54.6 Å². The molecule has 0 bridgehead atoms. The third-order valence-electron chi connectivity index (χ3n) is 4.46. The molecule has 0 unspecified atom stereocenters. The van der Waals surface area contributed by atoms with E-state index in [1.807, 2.05) is 48.5 Å². The molecule has 1 aliphatic carbocycles. The lowest BCUT2D eigenvalue weighted by molar-refractivity contribution is -0.122. The fraction of sp³-hybridized carbons (Fsp3) is 0.143. The lowest BCUT2D eigenvalue weighted by Gasteiger charge is -1.99. The van der Waals surface area contributed by atoms with Gasteiger partial charge >= 0.3 is 0 Å². The Morgan fingerprint density at radius 2 is 1.96 bits per heavy atom. The summed E-state index contributed by atoms with van der Waals surface area (Å²) in [6, 6.07) is 21.2. The summed E-state index contributed by atoms with van der Waals surface area (Å²) in [4.78, 5) is 12.2. The first-order valence-corrected chi connectivity index (χ1v) is 8.82. The van der Waals surface area contributed by atoms with Crippen molar-refractivity contribution in [2.75, 3.05) is 0 Å². The van der Waals surface area contributed by atoms with E-state index in [0.717, 1.165) is 12.0 Å². The molecule has 1 aliphatic rings. The van der Waals surface area contributed by atoms with Crippen LogP contribution in [0.1, 0.15) is 23.7 Å². The highest BCUT2D eigenvalue weighted by atomic mass is 35.5. The zero-order valence-corrected chi connectivity index (χ0v) is 14.7. The highest BCUT2D eigenvalue weighted by Gasteiger charge is 2.43. The standard InChI is InChI=1S/C21H17ClN2O2/c22-16-8-4-7-15(11-16)20-10-9-17(26-20)13-23-24-21(25)19-12-18(19)14-5-2-1-3-6-14/h1-11,13,18-19H,12H2,(H,24,25)/b23-13+/t18-,19+/m0/s1. The number of halogens is 1. The number of rotatable bonds is 5. The predicted octanol–water partition coefficient (Wildman–Crippen LogP) is 4.85. The van der Waals surface area contributed by atoms with Crippen molar-refractivity contribution < 1.29 is 9.21 Å². The van der Waals surface area contributed by atoms with Crippen LogP contribution in [0.5, 0.6) is 0 Å². The van der Waals surface area contributed by atoms with Gasteiger partial charge in [0, 0.05) is 16.5 Å². The van der Waals surface area contributed by atoms with E-state index < -0.39 is 0 Å². The molecule has 26 heavy (non-hydrogen) atoms. The maximum absolute atomic E-state index is 12.2. The molecule has 2 aromatic carbocycles. The zero-order chi connectivity index (χ0) is 17.9. The van der Waals surface area contributed by atoms with Crippen LogP contribution in [0, 0.1) is 5.92 Å². The fourth-order valence-electron chi connectivity index (χ4n) is 3.01. The summed E-state index contributed by atoms with van der Waals surface area (Å²) in [5, 5.41) is 4.66. The molecule has 2 atom stereocenters. The van der Waals surface area contributed by atoms with Crippen molar-refractivity contribution in [1.82, 2.24) is 5.43 Å².